The van der Waals surface area contributed by atoms with E-state index in [1.165, 1.54) is 12.1 Å². The number of nitrogens with one attached hydrogen (secondary N) is 2. The number of carbonyl (C=O) groups is 1. The number of carbonyl (C=O) groups excluding carboxylic acids is 1. The molecular formula is C19H29ClFN3O3. The summed E-state index contributed by atoms with van der Waals surface area (Å²) in [5, 5.41) is 15.6. The standard InChI is InChI=1S/C19H29ClFN3O3/c1-19(2,3)27-18(26)23-14-6-8-24(9-7-14)17-5-4-13(21)10-16(17)22-12-15(25)11-20/h4-5,10,14-15,22,25H,6-9,11-12H2,1-3H3,(H,23,26). The zero-order valence-electron chi connectivity index (χ0n) is 16.1. The highest BCUT2D eigenvalue weighted by Gasteiger charge is 2.25. The van der Waals surface area contributed by atoms with Gasteiger partial charge in [-0.25, -0.2) is 9.18 Å². The fourth-order valence-electron chi connectivity index (χ4n) is 2.95. The molecule has 1 amide bonds. The third-order valence-electron chi connectivity index (χ3n) is 4.22. The summed E-state index contributed by atoms with van der Waals surface area (Å²) in [5.74, 6) is -0.234. The zero-order chi connectivity index (χ0) is 20.0. The highest BCUT2D eigenvalue weighted by atomic mass is 35.5. The fourth-order valence-corrected chi connectivity index (χ4v) is 3.06. The van der Waals surface area contributed by atoms with E-state index in [1.807, 2.05) is 20.8 Å². The Bertz CT molecular complexity index is 631. The van der Waals surface area contributed by atoms with Crippen molar-refractivity contribution in [1.82, 2.24) is 5.32 Å². The van der Waals surface area contributed by atoms with Crippen molar-refractivity contribution in [3.8, 4) is 0 Å². The molecule has 1 heterocycles. The molecule has 1 aliphatic heterocycles. The second-order valence-corrected chi connectivity index (χ2v) is 8.07. The molecule has 27 heavy (non-hydrogen) atoms. The summed E-state index contributed by atoms with van der Waals surface area (Å²) < 4.78 is 19.0. The van der Waals surface area contributed by atoms with E-state index < -0.39 is 17.8 Å². The molecule has 1 aromatic rings. The molecule has 3 N–H and O–H groups in total. The van der Waals surface area contributed by atoms with Crippen molar-refractivity contribution in [2.45, 2.75) is 51.4 Å². The Kier molecular flexibility index (Phi) is 7.56. The minimum Gasteiger partial charge on any atom is -0.444 e. The van der Waals surface area contributed by atoms with Gasteiger partial charge in [-0.2, -0.15) is 0 Å². The molecule has 1 unspecified atom stereocenters. The maximum Gasteiger partial charge on any atom is 0.407 e. The third-order valence-corrected chi connectivity index (χ3v) is 4.58. The van der Waals surface area contributed by atoms with Crippen LogP contribution < -0.4 is 15.5 Å². The fraction of sp³-hybridized carbons (Fsp3) is 0.632. The van der Waals surface area contributed by atoms with Crippen LogP contribution in [0.3, 0.4) is 0 Å². The molecule has 1 aliphatic rings. The zero-order valence-corrected chi connectivity index (χ0v) is 16.9. The molecule has 8 heteroatoms. The lowest BCUT2D eigenvalue weighted by Crippen LogP contribution is -2.46. The van der Waals surface area contributed by atoms with E-state index >= 15 is 0 Å². The lowest BCUT2D eigenvalue weighted by molar-refractivity contribution is 0.0497. The molecule has 0 aromatic heterocycles. The van der Waals surface area contributed by atoms with Crippen molar-refractivity contribution in [2.75, 3.05) is 35.7 Å². The number of aliphatic hydroxyl groups is 1. The number of alkyl halides is 1. The monoisotopic (exact) mass is 401 g/mol. The first kappa shape index (κ1) is 21.6. The lowest BCUT2D eigenvalue weighted by Gasteiger charge is -2.35. The van der Waals surface area contributed by atoms with Crippen molar-refractivity contribution >= 4 is 29.1 Å². The van der Waals surface area contributed by atoms with Gasteiger partial charge in [0.1, 0.15) is 11.4 Å². The molecule has 1 saturated heterocycles. The van der Waals surface area contributed by atoms with Gasteiger partial charge in [-0.3, -0.25) is 0 Å². The van der Waals surface area contributed by atoms with Gasteiger partial charge in [0.25, 0.3) is 0 Å². The van der Waals surface area contributed by atoms with Gasteiger partial charge < -0.3 is 25.4 Å². The summed E-state index contributed by atoms with van der Waals surface area (Å²) in [7, 11) is 0. The van der Waals surface area contributed by atoms with Crippen molar-refractivity contribution in [1.29, 1.82) is 0 Å². The van der Waals surface area contributed by atoms with Crippen LogP contribution >= 0.6 is 11.6 Å². The van der Waals surface area contributed by atoms with E-state index in [9.17, 15) is 14.3 Å². The van der Waals surface area contributed by atoms with Gasteiger partial charge in [0, 0.05) is 25.7 Å². The molecule has 6 nitrogen and oxygen atoms in total. The van der Waals surface area contributed by atoms with E-state index in [2.05, 4.69) is 15.5 Å². The molecule has 1 atom stereocenters. The Hall–Kier alpha value is -1.73. The van der Waals surface area contributed by atoms with Gasteiger partial charge in [-0.05, 0) is 51.8 Å². The number of amides is 1. The molecule has 1 aromatic carbocycles. The number of benzene rings is 1. The molecule has 0 radical (unpaired) electrons. The lowest BCUT2D eigenvalue weighted by atomic mass is 10.0. The van der Waals surface area contributed by atoms with Gasteiger partial charge in [0.15, 0.2) is 0 Å². The number of alkyl carbamates (subject to hydrolysis) is 1. The number of anilines is 2. The van der Waals surface area contributed by atoms with Gasteiger partial charge in [0.05, 0.1) is 23.4 Å². The number of aliphatic hydroxyl groups excluding tert-OH is 1. The second-order valence-electron chi connectivity index (χ2n) is 7.76. The van der Waals surface area contributed by atoms with Gasteiger partial charge in [-0.1, -0.05) is 0 Å². The summed E-state index contributed by atoms with van der Waals surface area (Å²) in [6.45, 7) is 7.19. The number of hydrogen-bond acceptors (Lipinski definition) is 5. The van der Waals surface area contributed by atoms with Crippen LogP contribution in [-0.2, 0) is 4.74 Å². The van der Waals surface area contributed by atoms with Crippen LogP contribution in [0.15, 0.2) is 18.2 Å². The van der Waals surface area contributed by atoms with Crippen molar-refractivity contribution in [3.63, 3.8) is 0 Å². The van der Waals surface area contributed by atoms with Crippen LogP contribution in [0.4, 0.5) is 20.6 Å². The third kappa shape index (κ3) is 7.07. The normalized spacial score (nSPS) is 16.7. The van der Waals surface area contributed by atoms with Crippen LogP contribution in [0.1, 0.15) is 33.6 Å². The Morgan fingerprint density at radius 1 is 1.41 bits per heavy atom. The predicted molar refractivity (Wildman–Crippen MR) is 106 cm³/mol. The average molecular weight is 402 g/mol. The SMILES string of the molecule is CC(C)(C)OC(=O)NC1CCN(c2ccc(F)cc2NCC(O)CCl)CC1. The Labute approximate surface area is 165 Å². The van der Waals surface area contributed by atoms with Crippen LogP contribution in [0.25, 0.3) is 0 Å². The number of halogens is 2. The maximum atomic E-state index is 13.7. The van der Waals surface area contributed by atoms with E-state index in [4.69, 9.17) is 16.3 Å². The van der Waals surface area contributed by atoms with Crippen LogP contribution in [-0.4, -0.2) is 54.5 Å². The number of hydrogen-bond donors (Lipinski definition) is 3. The smallest absolute Gasteiger partial charge is 0.407 e. The molecule has 0 spiro atoms. The average Bonchev–Trinajstić information content (AvgIpc) is 2.59. The Morgan fingerprint density at radius 2 is 2.07 bits per heavy atom. The number of rotatable bonds is 6. The van der Waals surface area contributed by atoms with Gasteiger partial charge in [-0.15, -0.1) is 11.6 Å². The summed E-state index contributed by atoms with van der Waals surface area (Å²) >= 11 is 5.62. The first-order chi connectivity index (χ1) is 12.7. The summed E-state index contributed by atoms with van der Waals surface area (Å²) in [4.78, 5) is 14.1. The maximum absolute atomic E-state index is 13.7. The second kappa shape index (κ2) is 9.46. The molecule has 0 saturated carbocycles. The molecule has 2 rings (SSSR count). The van der Waals surface area contributed by atoms with Crippen molar-refractivity contribution in [3.05, 3.63) is 24.0 Å². The number of ether oxygens (including phenoxy) is 1. The quantitative estimate of drug-likeness (QED) is 0.637. The molecule has 152 valence electrons. The van der Waals surface area contributed by atoms with Crippen LogP contribution in [0.2, 0.25) is 0 Å². The minimum atomic E-state index is -0.702. The summed E-state index contributed by atoms with van der Waals surface area (Å²) in [6.07, 6.45) is 0.424. The van der Waals surface area contributed by atoms with Crippen LogP contribution in [0.5, 0.6) is 0 Å². The highest BCUT2D eigenvalue weighted by Crippen LogP contribution is 2.29. The first-order valence-electron chi connectivity index (χ1n) is 9.20. The summed E-state index contributed by atoms with van der Waals surface area (Å²) in [5.41, 5.74) is 0.971. The minimum absolute atomic E-state index is 0.0472. The molecular weight excluding hydrogens is 373 g/mol. The van der Waals surface area contributed by atoms with E-state index in [-0.39, 0.29) is 24.3 Å². The van der Waals surface area contributed by atoms with Gasteiger partial charge >= 0.3 is 6.09 Å². The Balaban J connectivity index is 1.94. The largest absolute Gasteiger partial charge is 0.444 e. The molecule has 1 fully saturated rings. The predicted octanol–water partition coefficient (Wildman–Crippen LogP) is 3.33. The summed E-state index contributed by atoms with van der Waals surface area (Å²) in [6, 6.07) is 4.61. The molecule has 0 bridgehead atoms. The van der Waals surface area contributed by atoms with Gasteiger partial charge in [0.2, 0.25) is 0 Å². The van der Waals surface area contributed by atoms with E-state index in [1.54, 1.807) is 6.07 Å². The first-order valence-corrected chi connectivity index (χ1v) is 9.73. The number of piperidine rings is 1. The highest BCUT2D eigenvalue weighted by molar-refractivity contribution is 6.18. The topological polar surface area (TPSA) is 73.8 Å². The van der Waals surface area contributed by atoms with Crippen molar-refractivity contribution in [2.24, 2.45) is 0 Å². The molecule has 0 aliphatic carbocycles. The van der Waals surface area contributed by atoms with E-state index in [0.29, 0.717) is 5.69 Å². The van der Waals surface area contributed by atoms with Crippen LogP contribution in [0, 0.1) is 5.82 Å². The van der Waals surface area contributed by atoms with E-state index in [0.717, 1.165) is 31.6 Å². The Morgan fingerprint density at radius 3 is 2.67 bits per heavy atom. The number of nitrogens with zero attached hydrogens (tertiary/aromatic N) is 1. The van der Waals surface area contributed by atoms with Crippen molar-refractivity contribution < 1.29 is 19.0 Å².